The van der Waals surface area contributed by atoms with E-state index in [1.165, 1.54) is 25.3 Å². The van der Waals surface area contributed by atoms with E-state index in [1.807, 2.05) is 0 Å². The van der Waals surface area contributed by atoms with Crippen LogP contribution in [0.4, 0.5) is 0 Å². The molecule has 3 rings (SSSR count). The van der Waals surface area contributed by atoms with E-state index in [0.717, 1.165) is 10.1 Å². The van der Waals surface area contributed by atoms with Crippen LogP contribution in [0.15, 0.2) is 45.2 Å². The van der Waals surface area contributed by atoms with Gasteiger partial charge in [-0.1, -0.05) is 17.2 Å². The molecule has 184 valence electrons. The minimum atomic E-state index is -4.82. The maximum atomic E-state index is 12.3. The number of nitrogens with zero attached hydrogens (tertiary/aromatic N) is 4. The van der Waals surface area contributed by atoms with Gasteiger partial charge in [0.15, 0.2) is 0 Å². The second-order valence-corrected chi connectivity index (χ2v) is 9.08. The number of aliphatic hydroxyl groups excluding tert-OH is 1. The minimum absolute atomic E-state index is 0. The second-order valence-electron chi connectivity index (χ2n) is 7.74. The topological polar surface area (TPSA) is 218 Å². The Morgan fingerprint density at radius 3 is 2.74 bits per heavy atom. The van der Waals surface area contributed by atoms with E-state index in [2.05, 4.69) is 15.0 Å². The summed E-state index contributed by atoms with van der Waals surface area (Å²) in [6, 6.07) is 4.79. The molecule has 1 unspecified atom stereocenters. The predicted molar refractivity (Wildman–Crippen MR) is 117 cm³/mol. The van der Waals surface area contributed by atoms with Crippen molar-refractivity contribution in [3.63, 3.8) is 0 Å². The van der Waals surface area contributed by atoms with Gasteiger partial charge in [-0.15, -0.1) is 0 Å². The van der Waals surface area contributed by atoms with Crippen LogP contribution in [0.1, 0.15) is 23.8 Å². The molecule has 1 aromatic carbocycles. The molecule has 0 amide bonds. The van der Waals surface area contributed by atoms with Gasteiger partial charge in [0, 0.05) is 29.1 Å². The molecule has 1 aliphatic heterocycles. The molecule has 0 saturated carbocycles. The van der Waals surface area contributed by atoms with E-state index in [9.17, 15) is 19.0 Å². The Morgan fingerprint density at radius 1 is 1.43 bits per heavy atom. The third kappa shape index (κ3) is 8.02. The Morgan fingerprint density at radius 2 is 2.11 bits per heavy atom. The molecule has 0 spiro atoms. The van der Waals surface area contributed by atoms with Crippen LogP contribution in [0.25, 0.3) is 10.4 Å². The number of aliphatic hydroxyl groups is 1. The van der Waals surface area contributed by atoms with Gasteiger partial charge in [0.1, 0.15) is 12.0 Å². The first kappa shape index (κ1) is 29.3. The smallest absolute Gasteiger partial charge is 0.746 e. The number of aromatic nitrogens is 2. The molecule has 14 nitrogen and oxygen atoms in total. The van der Waals surface area contributed by atoms with Gasteiger partial charge in [-0.05, 0) is 36.6 Å². The molecule has 16 heteroatoms. The molecule has 1 aromatic heterocycles. The number of rotatable bonds is 10. The molecule has 2 heterocycles. The zero-order valence-electron chi connectivity index (χ0n) is 19.1. The average Bonchev–Trinajstić information content (AvgIpc) is 3.19. The van der Waals surface area contributed by atoms with Crippen molar-refractivity contribution in [2.45, 2.75) is 44.2 Å². The summed E-state index contributed by atoms with van der Waals surface area (Å²) in [4.78, 5) is 40.9. The molecule has 35 heavy (non-hydrogen) atoms. The summed E-state index contributed by atoms with van der Waals surface area (Å²) in [6.45, 7) is 0.800. The van der Waals surface area contributed by atoms with Crippen molar-refractivity contribution in [1.82, 2.24) is 9.55 Å². The Hall–Kier alpha value is -1.96. The van der Waals surface area contributed by atoms with Crippen LogP contribution in [-0.4, -0.2) is 46.1 Å². The molecule has 0 radical (unpaired) electrons. The van der Waals surface area contributed by atoms with Crippen LogP contribution in [0, 0.1) is 6.92 Å². The third-order valence-electron chi connectivity index (χ3n) is 5.13. The van der Waals surface area contributed by atoms with E-state index in [0.29, 0.717) is 6.42 Å². The first-order valence-electron chi connectivity index (χ1n) is 10.2. The number of nitrogens with one attached hydrogen (secondary N) is 1. The summed E-state index contributed by atoms with van der Waals surface area (Å²) in [5.74, 6) is 0.00623. The molecule has 0 bridgehead atoms. The largest absolute Gasteiger partial charge is 1.00 e. The van der Waals surface area contributed by atoms with Crippen molar-refractivity contribution in [3.8, 4) is 5.75 Å². The summed E-state index contributed by atoms with van der Waals surface area (Å²) in [5, 5.41) is 12.6. The van der Waals surface area contributed by atoms with E-state index < -0.39 is 50.1 Å². The van der Waals surface area contributed by atoms with Crippen molar-refractivity contribution in [2.75, 3.05) is 13.2 Å². The van der Waals surface area contributed by atoms with Gasteiger partial charge in [0.2, 0.25) is 0 Å². The quantitative estimate of drug-likeness (QED) is 0.0974. The number of H-pyrrole nitrogens is 1. The van der Waals surface area contributed by atoms with Crippen molar-refractivity contribution in [2.24, 2.45) is 10.8 Å². The third-order valence-corrected chi connectivity index (χ3v) is 6.03. The van der Waals surface area contributed by atoms with Gasteiger partial charge >= 0.3 is 43.1 Å². The number of nitrogens with two attached hydrogens (primary N) is 1. The maximum absolute atomic E-state index is 12.3. The molecular formula is C19H24N6NaO8P. The van der Waals surface area contributed by atoms with Crippen LogP contribution >= 0.6 is 7.82 Å². The number of azide groups is 1. The van der Waals surface area contributed by atoms with E-state index in [1.54, 1.807) is 12.1 Å². The molecule has 1 aliphatic rings. The van der Waals surface area contributed by atoms with Crippen molar-refractivity contribution >= 4 is 7.82 Å². The van der Waals surface area contributed by atoms with Crippen molar-refractivity contribution in [3.05, 3.63) is 72.9 Å². The number of phosphoric ester groups is 1. The summed E-state index contributed by atoms with van der Waals surface area (Å²) < 4.78 is 29.0. The maximum Gasteiger partial charge on any atom is 1.00 e. The molecule has 5 atom stereocenters. The summed E-state index contributed by atoms with van der Waals surface area (Å²) in [7, 11) is -4.82. The SMILES string of the molecule is Cc1cn([C@H]2C[C@H](N=[N+]=[N-])[C@@H](COP(=O)([O-])Oc3ccc(C[C@H](N)CO)cc3)O2)c(=O)[nH]c1=O.[Na+]. The molecule has 1 fully saturated rings. The number of hydrogen-bond acceptors (Lipinski definition) is 10. The van der Waals surface area contributed by atoms with Gasteiger partial charge in [-0.25, -0.2) is 4.79 Å². The van der Waals surface area contributed by atoms with Crippen LogP contribution < -0.4 is 56.0 Å². The van der Waals surface area contributed by atoms with Gasteiger partial charge < -0.3 is 29.5 Å². The second kappa shape index (κ2) is 12.8. The predicted octanol–water partition coefficient (Wildman–Crippen LogP) is -2.76. The minimum Gasteiger partial charge on any atom is -0.746 e. The van der Waals surface area contributed by atoms with Gasteiger partial charge in [0.25, 0.3) is 5.56 Å². The molecule has 4 N–H and O–H groups in total. The Balaban J connectivity index is 0.00000432. The summed E-state index contributed by atoms with van der Waals surface area (Å²) in [6.07, 6.45) is -0.127. The molecular weight excluding hydrogens is 494 g/mol. The zero-order valence-corrected chi connectivity index (χ0v) is 22.0. The van der Waals surface area contributed by atoms with Crippen LogP contribution in [0.2, 0.25) is 0 Å². The Bertz CT molecular complexity index is 1220. The Labute approximate surface area is 221 Å². The van der Waals surface area contributed by atoms with Crippen molar-refractivity contribution in [1.29, 1.82) is 0 Å². The fourth-order valence-corrected chi connectivity index (χ4v) is 4.16. The van der Waals surface area contributed by atoms with Crippen LogP contribution in [0.5, 0.6) is 5.75 Å². The number of phosphoric acid groups is 1. The summed E-state index contributed by atoms with van der Waals surface area (Å²) in [5.41, 5.74) is 14.3. The van der Waals surface area contributed by atoms with Crippen LogP contribution in [0.3, 0.4) is 0 Å². The molecule has 1 saturated heterocycles. The first-order chi connectivity index (χ1) is 16.1. The molecule has 2 aromatic rings. The Kier molecular flexibility index (Phi) is 10.7. The average molecular weight is 518 g/mol. The fraction of sp³-hybridized carbons (Fsp3) is 0.474. The van der Waals surface area contributed by atoms with E-state index in [4.69, 9.17) is 30.2 Å². The van der Waals surface area contributed by atoms with Crippen molar-refractivity contribution < 1.29 is 57.9 Å². The number of aromatic amines is 1. The fourth-order valence-electron chi connectivity index (χ4n) is 3.40. The molecule has 0 aliphatic carbocycles. The number of ether oxygens (including phenoxy) is 1. The van der Waals surface area contributed by atoms with E-state index in [-0.39, 0.29) is 53.9 Å². The van der Waals surface area contributed by atoms with Gasteiger partial charge in [-0.3, -0.25) is 18.9 Å². The van der Waals surface area contributed by atoms with Crippen LogP contribution in [-0.2, 0) is 20.2 Å². The normalized spacial score (nSPS) is 21.9. The monoisotopic (exact) mass is 518 g/mol. The summed E-state index contributed by atoms with van der Waals surface area (Å²) >= 11 is 0. The number of hydrogen-bond donors (Lipinski definition) is 3. The van der Waals surface area contributed by atoms with Gasteiger partial charge in [0.05, 0.1) is 25.4 Å². The first-order valence-corrected chi connectivity index (χ1v) is 11.7. The van der Waals surface area contributed by atoms with Gasteiger partial charge in [-0.2, -0.15) is 0 Å². The number of benzene rings is 1. The van der Waals surface area contributed by atoms with E-state index >= 15 is 0 Å². The standard InChI is InChI=1S/C19H25N6O8P.Na/c1-11-8-25(19(28)22-18(11)27)17-7-15(23-24-21)16(32-17)10-31-34(29,30)33-14-4-2-12(3-5-14)6-13(20)9-26;/h2-5,8,13,15-17,26H,6-7,9-10,20H2,1H3,(H,29,30)(H,22,27,28);/q;+1/p-1/t13-,15-,16+,17+;/m0./s1. The number of aryl methyl sites for hydroxylation is 1. The zero-order chi connectivity index (χ0) is 24.9.